The van der Waals surface area contributed by atoms with Crippen molar-refractivity contribution < 1.29 is 8.42 Å². The lowest BCUT2D eigenvalue weighted by Gasteiger charge is -2.09. The number of nitrogens with zero attached hydrogens (tertiary/aromatic N) is 1. The van der Waals surface area contributed by atoms with E-state index in [-0.39, 0.29) is 5.75 Å². The van der Waals surface area contributed by atoms with Crippen LogP contribution >= 0.6 is 0 Å². The molecule has 1 aromatic heterocycles. The molecule has 5 nitrogen and oxygen atoms in total. The summed E-state index contributed by atoms with van der Waals surface area (Å²) in [6.45, 7) is 3.77. The molecule has 1 heterocycles. The van der Waals surface area contributed by atoms with E-state index in [1.807, 2.05) is 38.1 Å². The Balaban J connectivity index is 1.85. The molecule has 0 bridgehead atoms. The van der Waals surface area contributed by atoms with Gasteiger partial charge in [0.2, 0.25) is 10.0 Å². The van der Waals surface area contributed by atoms with E-state index in [1.54, 1.807) is 18.2 Å². The van der Waals surface area contributed by atoms with E-state index >= 15 is 0 Å². The Morgan fingerprint density at radius 1 is 1.14 bits per heavy atom. The van der Waals surface area contributed by atoms with Crippen LogP contribution in [0.25, 0.3) is 11.0 Å². The molecule has 0 fully saturated rings. The number of aromatic nitrogens is 2. The van der Waals surface area contributed by atoms with Gasteiger partial charge in [0.05, 0.1) is 22.5 Å². The maximum absolute atomic E-state index is 12.3. The van der Waals surface area contributed by atoms with E-state index in [2.05, 4.69) is 14.7 Å². The molecule has 2 aromatic carbocycles. The summed E-state index contributed by atoms with van der Waals surface area (Å²) < 4.78 is 27.3. The van der Waals surface area contributed by atoms with Crippen LogP contribution in [0.2, 0.25) is 0 Å². The molecule has 0 spiro atoms. The number of H-pyrrole nitrogens is 1. The van der Waals surface area contributed by atoms with Gasteiger partial charge < -0.3 is 4.98 Å². The summed E-state index contributed by atoms with van der Waals surface area (Å²) in [4.78, 5) is 7.39. The van der Waals surface area contributed by atoms with Crippen molar-refractivity contribution in [2.24, 2.45) is 0 Å². The predicted octanol–water partition coefficient (Wildman–Crippen LogP) is 3.12. The highest BCUT2D eigenvalue weighted by molar-refractivity contribution is 7.91. The molecule has 0 saturated carbocycles. The Morgan fingerprint density at radius 3 is 2.68 bits per heavy atom. The largest absolute Gasteiger partial charge is 0.342 e. The van der Waals surface area contributed by atoms with Crippen LogP contribution in [0.15, 0.2) is 42.5 Å². The maximum atomic E-state index is 12.3. The molecule has 3 aromatic rings. The third-order valence-corrected chi connectivity index (χ3v) is 4.72. The molecule has 0 aliphatic rings. The van der Waals surface area contributed by atoms with Crippen molar-refractivity contribution in [1.82, 2.24) is 9.97 Å². The van der Waals surface area contributed by atoms with Crippen LogP contribution in [-0.4, -0.2) is 18.4 Å². The van der Waals surface area contributed by atoms with Gasteiger partial charge in [0.15, 0.2) is 0 Å². The third kappa shape index (κ3) is 3.12. The standard InChI is InChI=1S/C16H17N3O2S/c1-11-5-3-4-6-13(11)10-22(20,21)19-14-7-8-15-16(9-14)18-12(2)17-15/h3-9,19H,10H2,1-2H3,(H,17,18). The van der Waals surface area contributed by atoms with Crippen LogP contribution in [0.3, 0.4) is 0 Å². The zero-order chi connectivity index (χ0) is 15.7. The first-order valence-electron chi connectivity index (χ1n) is 6.94. The number of imidazole rings is 1. The fraction of sp³-hybridized carbons (Fsp3) is 0.188. The summed E-state index contributed by atoms with van der Waals surface area (Å²) in [5.41, 5.74) is 3.93. The first-order chi connectivity index (χ1) is 10.4. The van der Waals surface area contributed by atoms with Gasteiger partial charge in [-0.1, -0.05) is 24.3 Å². The molecule has 0 aliphatic heterocycles. The molecule has 0 aliphatic carbocycles. The number of aryl methyl sites for hydroxylation is 2. The molecule has 0 radical (unpaired) electrons. The SMILES string of the molecule is Cc1nc2ccc(NS(=O)(=O)Cc3ccccc3C)cc2[nH]1. The Kier molecular flexibility index (Phi) is 3.62. The Morgan fingerprint density at radius 2 is 1.91 bits per heavy atom. The van der Waals surface area contributed by atoms with Gasteiger partial charge in [0.25, 0.3) is 0 Å². The van der Waals surface area contributed by atoms with Gasteiger partial charge in [-0.2, -0.15) is 0 Å². The monoisotopic (exact) mass is 315 g/mol. The molecule has 0 unspecified atom stereocenters. The van der Waals surface area contributed by atoms with Crippen molar-refractivity contribution >= 4 is 26.7 Å². The van der Waals surface area contributed by atoms with Crippen LogP contribution in [0.1, 0.15) is 17.0 Å². The molecular formula is C16H17N3O2S. The van der Waals surface area contributed by atoms with E-state index in [0.717, 1.165) is 28.0 Å². The fourth-order valence-corrected chi connectivity index (χ4v) is 3.68. The van der Waals surface area contributed by atoms with Gasteiger partial charge in [-0.15, -0.1) is 0 Å². The minimum Gasteiger partial charge on any atom is -0.342 e. The lowest BCUT2D eigenvalue weighted by Crippen LogP contribution is -2.15. The number of nitrogens with one attached hydrogen (secondary N) is 2. The minimum absolute atomic E-state index is 0.0419. The Hall–Kier alpha value is -2.34. The normalized spacial score (nSPS) is 11.7. The highest BCUT2D eigenvalue weighted by Gasteiger charge is 2.13. The minimum atomic E-state index is -3.46. The number of hydrogen-bond acceptors (Lipinski definition) is 3. The third-order valence-electron chi connectivity index (χ3n) is 3.48. The smallest absolute Gasteiger partial charge is 0.236 e. The lowest BCUT2D eigenvalue weighted by molar-refractivity contribution is 0.600. The summed E-state index contributed by atoms with van der Waals surface area (Å²) in [6, 6.07) is 12.7. The van der Waals surface area contributed by atoms with Crippen LogP contribution in [0.5, 0.6) is 0 Å². The summed E-state index contributed by atoms with van der Waals surface area (Å²) >= 11 is 0. The molecule has 22 heavy (non-hydrogen) atoms. The summed E-state index contributed by atoms with van der Waals surface area (Å²) in [5, 5.41) is 0. The molecule has 0 saturated heterocycles. The molecule has 0 atom stereocenters. The summed E-state index contributed by atoms with van der Waals surface area (Å²) in [6.07, 6.45) is 0. The number of aromatic amines is 1. The lowest BCUT2D eigenvalue weighted by atomic mass is 10.1. The number of fused-ring (bicyclic) bond motifs is 1. The number of benzene rings is 2. The summed E-state index contributed by atoms with van der Waals surface area (Å²) in [7, 11) is -3.46. The van der Waals surface area contributed by atoms with Crippen molar-refractivity contribution in [3.05, 3.63) is 59.4 Å². The number of hydrogen-bond donors (Lipinski definition) is 2. The van der Waals surface area contributed by atoms with Crippen LogP contribution in [-0.2, 0) is 15.8 Å². The second-order valence-corrected chi connectivity index (χ2v) is 7.06. The van der Waals surface area contributed by atoms with E-state index in [4.69, 9.17) is 0 Å². The number of sulfonamides is 1. The number of rotatable bonds is 4. The van der Waals surface area contributed by atoms with E-state index in [1.165, 1.54) is 0 Å². The van der Waals surface area contributed by atoms with E-state index < -0.39 is 10.0 Å². The highest BCUT2D eigenvalue weighted by Crippen LogP contribution is 2.19. The molecule has 0 amide bonds. The first kappa shape index (κ1) is 14.6. The Bertz CT molecular complexity index is 929. The van der Waals surface area contributed by atoms with Gasteiger partial charge in [-0.3, -0.25) is 4.72 Å². The zero-order valence-corrected chi connectivity index (χ0v) is 13.2. The highest BCUT2D eigenvalue weighted by atomic mass is 32.2. The zero-order valence-electron chi connectivity index (χ0n) is 12.4. The van der Waals surface area contributed by atoms with Gasteiger partial charge >= 0.3 is 0 Å². The first-order valence-corrected chi connectivity index (χ1v) is 8.59. The quantitative estimate of drug-likeness (QED) is 0.777. The van der Waals surface area contributed by atoms with E-state index in [0.29, 0.717) is 5.69 Å². The van der Waals surface area contributed by atoms with Gasteiger partial charge in [0, 0.05) is 0 Å². The molecule has 6 heteroatoms. The molecule has 3 rings (SSSR count). The maximum Gasteiger partial charge on any atom is 0.236 e. The predicted molar refractivity (Wildman–Crippen MR) is 88.3 cm³/mol. The van der Waals surface area contributed by atoms with Crippen molar-refractivity contribution in [3.63, 3.8) is 0 Å². The summed E-state index contributed by atoms with van der Waals surface area (Å²) in [5.74, 6) is 0.759. The van der Waals surface area contributed by atoms with Crippen LogP contribution in [0.4, 0.5) is 5.69 Å². The molecule has 2 N–H and O–H groups in total. The number of anilines is 1. The molecular weight excluding hydrogens is 298 g/mol. The molecule has 114 valence electrons. The topological polar surface area (TPSA) is 74.8 Å². The fourth-order valence-electron chi connectivity index (χ4n) is 2.39. The second-order valence-electron chi connectivity index (χ2n) is 5.34. The average Bonchev–Trinajstić information content (AvgIpc) is 2.80. The van der Waals surface area contributed by atoms with Crippen molar-refractivity contribution in [3.8, 4) is 0 Å². The van der Waals surface area contributed by atoms with E-state index in [9.17, 15) is 8.42 Å². The van der Waals surface area contributed by atoms with Crippen molar-refractivity contribution in [2.75, 3.05) is 4.72 Å². The van der Waals surface area contributed by atoms with Gasteiger partial charge in [-0.05, 0) is 43.2 Å². The average molecular weight is 315 g/mol. The van der Waals surface area contributed by atoms with Crippen LogP contribution < -0.4 is 4.72 Å². The van der Waals surface area contributed by atoms with Gasteiger partial charge in [0.1, 0.15) is 5.82 Å². The van der Waals surface area contributed by atoms with Crippen molar-refractivity contribution in [2.45, 2.75) is 19.6 Å². The second kappa shape index (κ2) is 5.46. The van der Waals surface area contributed by atoms with Gasteiger partial charge in [-0.25, -0.2) is 13.4 Å². The van der Waals surface area contributed by atoms with Crippen molar-refractivity contribution in [1.29, 1.82) is 0 Å². The Labute approximate surface area is 129 Å². The van der Waals surface area contributed by atoms with Crippen LogP contribution in [0, 0.1) is 13.8 Å².